The van der Waals surface area contributed by atoms with Crippen molar-refractivity contribution in [2.45, 2.75) is 13.0 Å². The number of rotatable bonds is 8. The molecular formula is C22H29N3O4. The topological polar surface area (TPSA) is 74.3 Å². The number of aliphatic hydroxyl groups excluding tert-OH is 1. The van der Waals surface area contributed by atoms with Gasteiger partial charge in [-0.2, -0.15) is 0 Å². The fourth-order valence-electron chi connectivity index (χ4n) is 3.44. The zero-order valence-corrected chi connectivity index (χ0v) is 17.0. The van der Waals surface area contributed by atoms with Gasteiger partial charge in [0.2, 0.25) is 5.91 Å². The summed E-state index contributed by atoms with van der Waals surface area (Å²) in [5, 5.41) is 13.1. The molecule has 0 aliphatic carbocycles. The van der Waals surface area contributed by atoms with Crippen molar-refractivity contribution in [1.82, 2.24) is 4.90 Å². The van der Waals surface area contributed by atoms with Crippen molar-refractivity contribution < 1.29 is 19.4 Å². The molecule has 7 nitrogen and oxygen atoms in total. The van der Waals surface area contributed by atoms with E-state index in [4.69, 9.17) is 9.47 Å². The first-order valence-corrected chi connectivity index (χ1v) is 9.84. The first kappa shape index (κ1) is 21.0. The van der Waals surface area contributed by atoms with Gasteiger partial charge in [0, 0.05) is 45.3 Å². The van der Waals surface area contributed by atoms with Crippen LogP contribution < -0.4 is 19.7 Å². The lowest BCUT2D eigenvalue weighted by Crippen LogP contribution is -2.49. The van der Waals surface area contributed by atoms with Gasteiger partial charge in [0.05, 0.1) is 12.8 Å². The van der Waals surface area contributed by atoms with Crippen LogP contribution in [0.3, 0.4) is 0 Å². The number of nitrogens with zero attached hydrogens (tertiary/aromatic N) is 2. The Morgan fingerprint density at radius 2 is 1.79 bits per heavy atom. The van der Waals surface area contributed by atoms with Gasteiger partial charge in [0.15, 0.2) is 0 Å². The molecule has 1 aliphatic rings. The molecule has 1 amide bonds. The Bertz CT molecular complexity index is 789. The Balaban J connectivity index is 1.41. The summed E-state index contributed by atoms with van der Waals surface area (Å²) in [7, 11) is 1.69. The van der Waals surface area contributed by atoms with E-state index in [2.05, 4.69) is 21.2 Å². The van der Waals surface area contributed by atoms with E-state index in [1.807, 2.05) is 18.2 Å². The van der Waals surface area contributed by atoms with E-state index in [0.29, 0.717) is 12.3 Å². The minimum absolute atomic E-state index is 0.111. The first-order valence-electron chi connectivity index (χ1n) is 9.84. The highest BCUT2D eigenvalue weighted by Gasteiger charge is 2.21. The maximum atomic E-state index is 11.0. The summed E-state index contributed by atoms with van der Waals surface area (Å²) in [6, 6.07) is 15.2. The van der Waals surface area contributed by atoms with Crippen LogP contribution in [0.15, 0.2) is 48.5 Å². The van der Waals surface area contributed by atoms with Gasteiger partial charge in [-0.3, -0.25) is 9.69 Å². The summed E-state index contributed by atoms with van der Waals surface area (Å²) in [5.74, 6) is 1.44. The number of anilines is 2. The second kappa shape index (κ2) is 10.1. The number of carbonyl (C=O) groups excluding carboxylic acids is 1. The lowest BCUT2D eigenvalue weighted by atomic mass is 10.2. The van der Waals surface area contributed by atoms with Crippen molar-refractivity contribution in [2.24, 2.45) is 0 Å². The van der Waals surface area contributed by atoms with Crippen LogP contribution in [-0.4, -0.2) is 68.5 Å². The predicted octanol–water partition coefficient (Wildman–Crippen LogP) is 2.22. The molecule has 7 heteroatoms. The fourth-order valence-corrected chi connectivity index (χ4v) is 3.44. The van der Waals surface area contributed by atoms with Crippen molar-refractivity contribution in [1.29, 1.82) is 0 Å². The second-order valence-corrected chi connectivity index (χ2v) is 7.13. The van der Waals surface area contributed by atoms with Crippen LogP contribution in [0.2, 0.25) is 0 Å². The number of hydrogen-bond donors (Lipinski definition) is 2. The molecule has 2 aromatic carbocycles. The zero-order valence-electron chi connectivity index (χ0n) is 17.0. The molecule has 156 valence electrons. The molecule has 1 heterocycles. The van der Waals surface area contributed by atoms with Gasteiger partial charge in [-0.1, -0.05) is 12.1 Å². The number of para-hydroxylation sites is 2. The van der Waals surface area contributed by atoms with Gasteiger partial charge < -0.3 is 24.8 Å². The number of methoxy groups -OCH3 is 1. The molecule has 0 aromatic heterocycles. The summed E-state index contributed by atoms with van der Waals surface area (Å²) < 4.78 is 11.1. The number of benzene rings is 2. The summed E-state index contributed by atoms with van der Waals surface area (Å²) in [4.78, 5) is 15.6. The Morgan fingerprint density at radius 3 is 2.45 bits per heavy atom. The van der Waals surface area contributed by atoms with Gasteiger partial charge in [0.25, 0.3) is 0 Å². The molecule has 2 aromatic rings. The smallest absolute Gasteiger partial charge is 0.221 e. The molecule has 1 aliphatic heterocycles. The average molecular weight is 399 g/mol. The molecule has 0 bridgehead atoms. The lowest BCUT2D eigenvalue weighted by molar-refractivity contribution is -0.114. The Morgan fingerprint density at radius 1 is 1.10 bits per heavy atom. The summed E-state index contributed by atoms with van der Waals surface area (Å²) >= 11 is 0. The summed E-state index contributed by atoms with van der Waals surface area (Å²) in [6.07, 6.45) is -0.567. The van der Waals surface area contributed by atoms with E-state index in [1.54, 1.807) is 31.4 Å². The van der Waals surface area contributed by atoms with Crippen LogP contribution in [-0.2, 0) is 4.79 Å². The normalized spacial score (nSPS) is 15.6. The summed E-state index contributed by atoms with van der Waals surface area (Å²) in [5.41, 5.74) is 1.83. The SMILES string of the molecule is COc1ccccc1N1CCN(C[C@H](O)COc2ccc(NC(C)=O)cc2)CC1. The lowest BCUT2D eigenvalue weighted by Gasteiger charge is -2.37. The molecule has 29 heavy (non-hydrogen) atoms. The molecule has 1 atom stereocenters. The van der Waals surface area contributed by atoms with E-state index < -0.39 is 6.10 Å². The number of hydrogen-bond acceptors (Lipinski definition) is 6. The minimum atomic E-state index is -0.567. The maximum absolute atomic E-state index is 11.0. The minimum Gasteiger partial charge on any atom is -0.495 e. The van der Waals surface area contributed by atoms with Gasteiger partial charge >= 0.3 is 0 Å². The quantitative estimate of drug-likeness (QED) is 0.709. The number of amides is 1. The Labute approximate surface area is 171 Å². The third kappa shape index (κ3) is 6.10. The molecule has 3 rings (SSSR count). The monoisotopic (exact) mass is 399 g/mol. The van der Waals surface area contributed by atoms with E-state index in [-0.39, 0.29) is 12.5 Å². The third-order valence-corrected chi connectivity index (χ3v) is 4.88. The molecular weight excluding hydrogens is 370 g/mol. The van der Waals surface area contributed by atoms with Crippen molar-refractivity contribution in [3.63, 3.8) is 0 Å². The largest absolute Gasteiger partial charge is 0.495 e. The van der Waals surface area contributed by atoms with Gasteiger partial charge in [-0.15, -0.1) is 0 Å². The number of β-amino-alcohol motifs (C(OH)–C–C–N with tert-alkyl or cyclic N) is 1. The van der Waals surface area contributed by atoms with E-state index >= 15 is 0 Å². The van der Waals surface area contributed by atoms with Gasteiger partial charge in [-0.25, -0.2) is 0 Å². The summed E-state index contributed by atoms with van der Waals surface area (Å²) in [6.45, 7) is 5.80. The van der Waals surface area contributed by atoms with Crippen LogP contribution in [0.1, 0.15) is 6.92 Å². The highest BCUT2D eigenvalue weighted by molar-refractivity contribution is 5.88. The second-order valence-electron chi connectivity index (χ2n) is 7.13. The van der Waals surface area contributed by atoms with E-state index in [9.17, 15) is 9.90 Å². The highest BCUT2D eigenvalue weighted by Crippen LogP contribution is 2.28. The maximum Gasteiger partial charge on any atom is 0.221 e. The van der Waals surface area contributed by atoms with Crippen molar-refractivity contribution in [2.75, 3.05) is 56.7 Å². The van der Waals surface area contributed by atoms with Crippen LogP contribution in [0, 0.1) is 0 Å². The zero-order chi connectivity index (χ0) is 20.6. The van der Waals surface area contributed by atoms with Gasteiger partial charge in [-0.05, 0) is 36.4 Å². The third-order valence-electron chi connectivity index (χ3n) is 4.88. The molecule has 0 saturated carbocycles. The standard InChI is InChI=1S/C22H29N3O4/c1-17(26)23-18-7-9-20(10-8-18)29-16-19(27)15-24-11-13-25(14-12-24)21-5-3-4-6-22(21)28-2/h3-10,19,27H,11-16H2,1-2H3,(H,23,26)/t19-/m0/s1. The predicted molar refractivity (Wildman–Crippen MR) is 114 cm³/mol. The van der Waals surface area contributed by atoms with Crippen molar-refractivity contribution in [3.05, 3.63) is 48.5 Å². The average Bonchev–Trinajstić information content (AvgIpc) is 2.73. The first-order chi connectivity index (χ1) is 14.0. The van der Waals surface area contributed by atoms with Crippen molar-refractivity contribution in [3.8, 4) is 11.5 Å². The van der Waals surface area contributed by atoms with Gasteiger partial charge in [0.1, 0.15) is 24.2 Å². The van der Waals surface area contributed by atoms with E-state index in [1.165, 1.54) is 6.92 Å². The number of carbonyl (C=O) groups is 1. The number of ether oxygens (including phenoxy) is 2. The Kier molecular flexibility index (Phi) is 7.32. The van der Waals surface area contributed by atoms with Crippen LogP contribution in [0.5, 0.6) is 11.5 Å². The molecule has 2 N–H and O–H groups in total. The van der Waals surface area contributed by atoms with Crippen LogP contribution >= 0.6 is 0 Å². The Hall–Kier alpha value is -2.77. The molecule has 1 fully saturated rings. The molecule has 0 radical (unpaired) electrons. The van der Waals surface area contributed by atoms with Crippen LogP contribution in [0.4, 0.5) is 11.4 Å². The fraction of sp³-hybridized carbons (Fsp3) is 0.409. The van der Waals surface area contributed by atoms with Crippen LogP contribution in [0.25, 0.3) is 0 Å². The number of piperazine rings is 1. The van der Waals surface area contributed by atoms with Crippen molar-refractivity contribution >= 4 is 17.3 Å². The molecule has 0 spiro atoms. The number of nitrogens with one attached hydrogen (secondary N) is 1. The molecule has 0 unspecified atom stereocenters. The number of aliphatic hydroxyl groups is 1. The molecule has 1 saturated heterocycles. The van der Waals surface area contributed by atoms with E-state index in [0.717, 1.165) is 43.3 Å². The highest BCUT2D eigenvalue weighted by atomic mass is 16.5.